The highest BCUT2D eigenvalue weighted by atomic mass is 16.5. The molecule has 118 valence electrons. The van der Waals surface area contributed by atoms with Crippen LogP contribution in [0.2, 0.25) is 0 Å². The molecule has 2 N–H and O–H groups in total. The number of methoxy groups -OCH3 is 1. The number of phenolic OH excluding ortho intramolecular Hbond substituents is 2. The minimum absolute atomic E-state index is 0.0461. The lowest BCUT2D eigenvalue weighted by Gasteiger charge is -2.29. The molecule has 0 saturated heterocycles. The van der Waals surface area contributed by atoms with Crippen LogP contribution in [-0.2, 0) is 0 Å². The lowest BCUT2D eigenvalue weighted by atomic mass is 9.76. The molecule has 2 rings (SSSR count). The molecule has 0 bridgehead atoms. The molecular weight excluding hydrogens is 276 g/mol. The Labute approximate surface area is 132 Å². The van der Waals surface area contributed by atoms with E-state index in [4.69, 9.17) is 4.74 Å². The van der Waals surface area contributed by atoms with Crippen LogP contribution in [0.4, 0.5) is 0 Å². The number of ether oxygens (including phenoxy) is 1. The number of allylic oxidation sites excluding steroid dienone is 5. The van der Waals surface area contributed by atoms with E-state index >= 15 is 0 Å². The second-order valence-electron chi connectivity index (χ2n) is 6.03. The first-order valence-corrected chi connectivity index (χ1v) is 7.53. The highest BCUT2D eigenvalue weighted by Gasteiger charge is 2.28. The maximum Gasteiger partial charge on any atom is 0.126 e. The summed E-state index contributed by atoms with van der Waals surface area (Å²) in [7, 11) is 1.51. The maximum atomic E-state index is 10.3. The molecular formula is C19H24O3. The van der Waals surface area contributed by atoms with E-state index < -0.39 is 0 Å². The number of aromatic hydroxyl groups is 2. The minimum Gasteiger partial charge on any atom is -0.507 e. The summed E-state index contributed by atoms with van der Waals surface area (Å²) in [6.45, 7) is 7.94. The van der Waals surface area contributed by atoms with Crippen LogP contribution in [0.15, 0.2) is 48.1 Å². The molecule has 0 saturated carbocycles. The molecule has 0 aliphatic heterocycles. The van der Waals surface area contributed by atoms with Crippen LogP contribution >= 0.6 is 0 Å². The summed E-state index contributed by atoms with van der Waals surface area (Å²) in [6, 6.07) is 3.10. The standard InChI is InChI=1S/C19H24O3/c1-12(2)5-7-14-8-6-13(3)9-16(14)19-17(20)10-15(22-4)11-18(19)21/h5,7,9-11,14,16,20-21H,1,6,8H2,2-4H3. The van der Waals surface area contributed by atoms with E-state index in [0.717, 1.165) is 18.4 Å². The van der Waals surface area contributed by atoms with E-state index in [1.165, 1.54) is 12.7 Å². The zero-order valence-corrected chi connectivity index (χ0v) is 13.5. The molecule has 0 fully saturated rings. The second-order valence-corrected chi connectivity index (χ2v) is 6.03. The normalized spacial score (nSPS) is 21.7. The number of hydrogen-bond acceptors (Lipinski definition) is 3. The lowest BCUT2D eigenvalue weighted by Crippen LogP contribution is -2.14. The Balaban J connectivity index is 2.46. The van der Waals surface area contributed by atoms with Crippen molar-refractivity contribution in [3.8, 4) is 17.2 Å². The minimum atomic E-state index is -0.0461. The van der Waals surface area contributed by atoms with Crippen LogP contribution in [0.25, 0.3) is 0 Å². The highest BCUT2D eigenvalue weighted by Crippen LogP contribution is 2.45. The van der Waals surface area contributed by atoms with Crippen molar-refractivity contribution in [2.24, 2.45) is 5.92 Å². The van der Waals surface area contributed by atoms with Gasteiger partial charge in [0.1, 0.15) is 17.2 Å². The van der Waals surface area contributed by atoms with Gasteiger partial charge in [-0.3, -0.25) is 0 Å². The smallest absolute Gasteiger partial charge is 0.126 e. The number of phenols is 2. The molecule has 1 aliphatic carbocycles. The van der Waals surface area contributed by atoms with Crippen molar-refractivity contribution in [1.82, 2.24) is 0 Å². The van der Waals surface area contributed by atoms with Gasteiger partial charge in [-0.05, 0) is 32.6 Å². The monoisotopic (exact) mass is 300 g/mol. The molecule has 0 amide bonds. The van der Waals surface area contributed by atoms with Crippen molar-refractivity contribution in [1.29, 1.82) is 0 Å². The first kappa shape index (κ1) is 16.2. The van der Waals surface area contributed by atoms with Gasteiger partial charge < -0.3 is 14.9 Å². The van der Waals surface area contributed by atoms with Gasteiger partial charge in [0.15, 0.2) is 0 Å². The first-order chi connectivity index (χ1) is 10.4. The van der Waals surface area contributed by atoms with E-state index in [9.17, 15) is 10.2 Å². The van der Waals surface area contributed by atoms with Gasteiger partial charge in [-0.1, -0.05) is 36.0 Å². The largest absolute Gasteiger partial charge is 0.507 e. The first-order valence-electron chi connectivity index (χ1n) is 7.53. The van der Waals surface area contributed by atoms with E-state index in [0.29, 0.717) is 11.3 Å². The Morgan fingerprint density at radius 2 is 1.95 bits per heavy atom. The molecule has 3 nitrogen and oxygen atoms in total. The van der Waals surface area contributed by atoms with Crippen molar-refractivity contribution in [2.75, 3.05) is 7.11 Å². The summed E-state index contributed by atoms with van der Waals surface area (Å²) in [6.07, 6.45) is 8.28. The Kier molecular flexibility index (Phi) is 4.96. The fourth-order valence-corrected chi connectivity index (χ4v) is 2.95. The lowest BCUT2D eigenvalue weighted by molar-refractivity contribution is 0.385. The molecule has 2 unspecified atom stereocenters. The maximum absolute atomic E-state index is 10.3. The molecule has 22 heavy (non-hydrogen) atoms. The number of benzene rings is 1. The van der Waals surface area contributed by atoms with Gasteiger partial charge in [0.25, 0.3) is 0 Å². The predicted molar refractivity (Wildman–Crippen MR) is 89.5 cm³/mol. The van der Waals surface area contributed by atoms with E-state index in [-0.39, 0.29) is 23.3 Å². The second kappa shape index (κ2) is 6.73. The van der Waals surface area contributed by atoms with Crippen LogP contribution in [0.3, 0.4) is 0 Å². The zero-order chi connectivity index (χ0) is 16.3. The van der Waals surface area contributed by atoms with Gasteiger partial charge in [-0.25, -0.2) is 0 Å². The molecule has 0 aromatic heterocycles. The average molecular weight is 300 g/mol. The van der Waals surface area contributed by atoms with Crippen LogP contribution < -0.4 is 4.74 Å². The average Bonchev–Trinajstić information content (AvgIpc) is 2.45. The Morgan fingerprint density at radius 3 is 2.50 bits per heavy atom. The molecule has 3 heteroatoms. The third-order valence-electron chi connectivity index (χ3n) is 4.10. The van der Waals surface area contributed by atoms with Crippen LogP contribution in [-0.4, -0.2) is 17.3 Å². The van der Waals surface area contributed by atoms with E-state index in [1.807, 2.05) is 13.0 Å². The molecule has 0 radical (unpaired) electrons. The van der Waals surface area contributed by atoms with Crippen molar-refractivity contribution in [3.63, 3.8) is 0 Å². The van der Waals surface area contributed by atoms with Crippen molar-refractivity contribution < 1.29 is 14.9 Å². The summed E-state index contributed by atoms with van der Waals surface area (Å²) in [5.74, 6) is 0.771. The van der Waals surface area contributed by atoms with Gasteiger partial charge in [0.2, 0.25) is 0 Å². The van der Waals surface area contributed by atoms with Crippen molar-refractivity contribution in [2.45, 2.75) is 32.6 Å². The third-order valence-corrected chi connectivity index (χ3v) is 4.10. The molecule has 1 aliphatic rings. The summed E-state index contributed by atoms with van der Waals surface area (Å²) in [5, 5.41) is 20.7. The topological polar surface area (TPSA) is 49.7 Å². The van der Waals surface area contributed by atoms with Gasteiger partial charge in [0, 0.05) is 23.6 Å². The van der Waals surface area contributed by atoms with E-state index in [1.54, 1.807) is 12.1 Å². The summed E-state index contributed by atoms with van der Waals surface area (Å²) < 4.78 is 5.08. The third kappa shape index (κ3) is 3.53. The number of hydrogen-bond donors (Lipinski definition) is 2. The molecule has 2 atom stereocenters. The summed E-state index contributed by atoms with van der Waals surface area (Å²) >= 11 is 0. The molecule has 0 heterocycles. The molecule has 1 aromatic rings. The molecule has 1 aromatic carbocycles. The Bertz CT molecular complexity index is 603. The van der Waals surface area contributed by atoms with Crippen LogP contribution in [0.1, 0.15) is 38.2 Å². The van der Waals surface area contributed by atoms with Gasteiger partial charge in [0.05, 0.1) is 7.11 Å². The van der Waals surface area contributed by atoms with Crippen LogP contribution in [0.5, 0.6) is 17.2 Å². The summed E-state index contributed by atoms with van der Waals surface area (Å²) in [5.41, 5.74) is 2.84. The summed E-state index contributed by atoms with van der Waals surface area (Å²) in [4.78, 5) is 0. The Morgan fingerprint density at radius 1 is 1.32 bits per heavy atom. The van der Waals surface area contributed by atoms with Crippen molar-refractivity contribution >= 4 is 0 Å². The van der Waals surface area contributed by atoms with Gasteiger partial charge >= 0.3 is 0 Å². The molecule has 0 spiro atoms. The number of rotatable bonds is 4. The Hall–Kier alpha value is -2.16. The zero-order valence-electron chi connectivity index (χ0n) is 13.5. The van der Waals surface area contributed by atoms with Crippen LogP contribution in [0, 0.1) is 5.92 Å². The fourth-order valence-electron chi connectivity index (χ4n) is 2.95. The highest BCUT2D eigenvalue weighted by molar-refractivity contribution is 5.53. The quantitative estimate of drug-likeness (QED) is 0.627. The predicted octanol–water partition coefficient (Wildman–Crippen LogP) is 4.68. The SMILES string of the molecule is C=C(C)C=CC1CCC(C)=CC1c1c(O)cc(OC)cc1O. The van der Waals surface area contributed by atoms with Crippen molar-refractivity contribution in [3.05, 3.63) is 53.6 Å². The van der Waals surface area contributed by atoms with Gasteiger partial charge in [-0.2, -0.15) is 0 Å². The van der Waals surface area contributed by atoms with Gasteiger partial charge in [-0.15, -0.1) is 0 Å². The van der Waals surface area contributed by atoms with E-state index in [2.05, 4.69) is 25.7 Å². The fraction of sp³-hybridized carbons (Fsp3) is 0.368.